The molecule has 2 nitrogen and oxygen atoms in total. The topological polar surface area (TPSA) is 34.1 Å². The van der Waals surface area contributed by atoms with Gasteiger partial charge in [-0.3, -0.25) is 4.79 Å². The van der Waals surface area contributed by atoms with E-state index in [2.05, 4.69) is 13.8 Å². The quantitative estimate of drug-likeness (QED) is 0.776. The van der Waals surface area contributed by atoms with Crippen LogP contribution in [0.2, 0.25) is 0 Å². The van der Waals surface area contributed by atoms with E-state index in [-0.39, 0.29) is 11.3 Å². The zero-order chi connectivity index (χ0) is 13.9. The fourth-order valence-electron chi connectivity index (χ4n) is 3.10. The SMILES string of the molecule is CC1(C)CCCC(Cc2ccccc2CC=O)C1=O. The number of ketones is 1. The van der Waals surface area contributed by atoms with Crippen LogP contribution in [0.1, 0.15) is 44.2 Å². The number of hydrogen-bond acceptors (Lipinski definition) is 2. The summed E-state index contributed by atoms with van der Waals surface area (Å²) >= 11 is 0. The van der Waals surface area contributed by atoms with Crippen molar-refractivity contribution in [2.45, 2.75) is 46.0 Å². The Balaban J connectivity index is 2.17. The van der Waals surface area contributed by atoms with Crippen molar-refractivity contribution in [1.82, 2.24) is 0 Å². The Bertz CT molecular complexity index is 474. The summed E-state index contributed by atoms with van der Waals surface area (Å²) in [5, 5.41) is 0. The van der Waals surface area contributed by atoms with Gasteiger partial charge < -0.3 is 4.79 Å². The predicted octanol–water partition coefficient (Wildman–Crippen LogP) is 3.37. The van der Waals surface area contributed by atoms with Crippen LogP contribution in [-0.2, 0) is 22.4 Å². The van der Waals surface area contributed by atoms with Gasteiger partial charge in [0.15, 0.2) is 0 Å². The molecule has 0 aliphatic heterocycles. The predicted molar refractivity (Wildman–Crippen MR) is 76.0 cm³/mol. The molecule has 1 aliphatic rings. The standard InChI is InChI=1S/C17H22O2/c1-17(2)10-5-8-15(16(17)19)12-14-7-4-3-6-13(14)9-11-18/h3-4,6-7,11,15H,5,8-10,12H2,1-2H3. The first-order chi connectivity index (χ1) is 9.04. The minimum absolute atomic E-state index is 0.122. The monoisotopic (exact) mass is 258 g/mol. The van der Waals surface area contributed by atoms with Gasteiger partial charge >= 0.3 is 0 Å². The number of carbonyl (C=O) groups is 2. The molecule has 2 rings (SSSR count). The smallest absolute Gasteiger partial charge is 0.141 e. The third-order valence-electron chi connectivity index (χ3n) is 4.28. The first kappa shape index (κ1) is 14.0. The van der Waals surface area contributed by atoms with E-state index < -0.39 is 0 Å². The van der Waals surface area contributed by atoms with Gasteiger partial charge in [-0.05, 0) is 30.4 Å². The molecule has 2 heteroatoms. The largest absolute Gasteiger partial charge is 0.303 e. The molecule has 0 saturated heterocycles. The van der Waals surface area contributed by atoms with Crippen molar-refractivity contribution in [3.05, 3.63) is 35.4 Å². The maximum atomic E-state index is 12.5. The van der Waals surface area contributed by atoms with Crippen LogP contribution >= 0.6 is 0 Å². The molecule has 1 aliphatic carbocycles. The van der Waals surface area contributed by atoms with Crippen LogP contribution in [0.4, 0.5) is 0 Å². The van der Waals surface area contributed by atoms with Gasteiger partial charge in [-0.2, -0.15) is 0 Å². The second-order valence-electron chi connectivity index (χ2n) is 6.18. The van der Waals surface area contributed by atoms with Crippen LogP contribution in [0.3, 0.4) is 0 Å². The van der Waals surface area contributed by atoms with Gasteiger partial charge in [0, 0.05) is 17.8 Å². The lowest BCUT2D eigenvalue weighted by Gasteiger charge is -2.33. The Labute approximate surface area is 115 Å². The molecule has 102 valence electrons. The summed E-state index contributed by atoms with van der Waals surface area (Å²) in [6.45, 7) is 4.11. The Morgan fingerprint density at radius 2 is 1.95 bits per heavy atom. The molecule has 1 unspecified atom stereocenters. The molecule has 1 saturated carbocycles. The number of benzene rings is 1. The van der Waals surface area contributed by atoms with Crippen molar-refractivity contribution >= 4 is 12.1 Å². The van der Waals surface area contributed by atoms with Gasteiger partial charge in [-0.25, -0.2) is 0 Å². The third-order valence-corrected chi connectivity index (χ3v) is 4.28. The minimum atomic E-state index is -0.178. The Morgan fingerprint density at radius 1 is 1.26 bits per heavy atom. The average Bonchev–Trinajstić information content (AvgIpc) is 2.37. The molecule has 19 heavy (non-hydrogen) atoms. The molecule has 0 amide bonds. The second kappa shape index (κ2) is 5.68. The molecular formula is C17H22O2. The zero-order valence-electron chi connectivity index (χ0n) is 11.8. The summed E-state index contributed by atoms with van der Waals surface area (Å²) in [5.41, 5.74) is 2.04. The highest BCUT2D eigenvalue weighted by Gasteiger charge is 2.37. The maximum Gasteiger partial charge on any atom is 0.141 e. The summed E-state index contributed by atoms with van der Waals surface area (Å²) in [6.07, 6.45) is 5.27. The lowest BCUT2D eigenvalue weighted by Crippen LogP contribution is -2.36. The minimum Gasteiger partial charge on any atom is -0.303 e. The molecule has 1 aromatic carbocycles. The van der Waals surface area contributed by atoms with Gasteiger partial charge in [0.25, 0.3) is 0 Å². The van der Waals surface area contributed by atoms with E-state index >= 15 is 0 Å². The van der Waals surface area contributed by atoms with Crippen molar-refractivity contribution in [3.8, 4) is 0 Å². The van der Waals surface area contributed by atoms with Crippen LogP contribution in [0, 0.1) is 11.3 Å². The summed E-state index contributed by atoms with van der Waals surface area (Å²) in [5.74, 6) is 0.510. The molecule has 1 aromatic rings. The lowest BCUT2D eigenvalue weighted by atomic mass is 9.69. The van der Waals surface area contributed by atoms with E-state index in [4.69, 9.17) is 0 Å². The summed E-state index contributed by atoms with van der Waals surface area (Å²) in [7, 11) is 0. The molecule has 0 heterocycles. The van der Waals surface area contributed by atoms with Crippen molar-refractivity contribution in [2.75, 3.05) is 0 Å². The Morgan fingerprint density at radius 3 is 2.63 bits per heavy atom. The number of rotatable bonds is 4. The van der Waals surface area contributed by atoms with Gasteiger partial charge in [-0.1, -0.05) is 44.5 Å². The van der Waals surface area contributed by atoms with Crippen LogP contribution in [0.5, 0.6) is 0 Å². The van der Waals surface area contributed by atoms with Crippen molar-refractivity contribution in [3.63, 3.8) is 0 Å². The molecule has 1 fully saturated rings. The van der Waals surface area contributed by atoms with Crippen molar-refractivity contribution in [2.24, 2.45) is 11.3 Å². The van der Waals surface area contributed by atoms with Gasteiger partial charge in [0.2, 0.25) is 0 Å². The van der Waals surface area contributed by atoms with Crippen molar-refractivity contribution in [1.29, 1.82) is 0 Å². The Hall–Kier alpha value is -1.44. The summed E-state index contributed by atoms with van der Waals surface area (Å²) in [6, 6.07) is 7.98. The molecule has 0 aromatic heterocycles. The Kier molecular flexibility index (Phi) is 4.18. The maximum absolute atomic E-state index is 12.5. The lowest BCUT2D eigenvalue weighted by molar-refractivity contribution is -0.134. The van der Waals surface area contributed by atoms with E-state index in [0.717, 1.165) is 43.1 Å². The van der Waals surface area contributed by atoms with Crippen LogP contribution in [0.25, 0.3) is 0 Å². The number of aldehydes is 1. The molecule has 0 N–H and O–H groups in total. The molecule has 0 spiro atoms. The fourth-order valence-corrected chi connectivity index (χ4v) is 3.10. The first-order valence-corrected chi connectivity index (χ1v) is 7.09. The van der Waals surface area contributed by atoms with E-state index in [1.807, 2.05) is 24.3 Å². The van der Waals surface area contributed by atoms with Crippen LogP contribution in [0.15, 0.2) is 24.3 Å². The van der Waals surface area contributed by atoms with Gasteiger partial charge in [0.1, 0.15) is 12.1 Å². The normalized spacial score (nSPS) is 22.2. The summed E-state index contributed by atoms with van der Waals surface area (Å²) < 4.78 is 0. The zero-order valence-corrected chi connectivity index (χ0v) is 11.8. The van der Waals surface area contributed by atoms with Crippen molar-refractivity contribution < 1.29 is 9.59 Å². The van der Waals surface area contributed by atoms with E-state index in [1.165, 1.54) is 0 Å². The van der Waals surface area contributed by atoms with Gasteiger partial charge in [0.05, 0.1) is 0 Å². The number of hydrogen-bond donors (Lipinski definition) is 0. The van der Waals surface area contributed by atoms with E-state index in [1.54, 1.807) is 0 Å². The molecular weight excluding hydrogens is 236 g/mol. The highest BCUT2D eigenvalue weighted by Crippen LogP contribution is 2.37. The third kappa shape index (κ3) is 3.12. The molecule has 0 bridgehead atoms. The second-order valence-corrected chi connectivity index (χ2v) is 6.18. The van der Waals surface area contributed by atoms with E-state index in [0.29, 0.717) is 12.2 Å². The fraction of sp³-hybridized carbons (Fsp3) is 0.529. The average molecular weight is 258 g/mol. The van der Waals surface area contributed by atoms with E-state index in [9.17, 15) is 9.59 Å². The summed E-state index contributed by atoms with van der Waals surface area (Å²) in [4.78, 5) is 23.2. The van der Waals surface area contributed by atoms with Gasteiger partial charge in [-0.15, -0.1) is 0 Å². The highest BCUT2D eigenvalue weighted by atomic mass is 16.1. The number of carbonyl (C=O) groups excluding carboxylic acids is 2. The first-order valence-electron chi connectivity index (χ1n) is 7.09. The van der Waals surface area contributed by atoms with Crippen LogP contribution < -0.4 is 0 Å². The molecule has 0 radical (unpaired) electrons. The van der Waals surface area contributed by atoms with Crippen LogP contribution in [-0.4, -0.2) is 12.1 Å². The number of Topliss-reactive ketones (excluding diaryl/α,β-unsaturated/α-hetero) is 1. The molecule has 1 atom stereocenters. The highest BCUT2D eigenvalue weighted by molar-refractivity contribution is 5.87.